The number of rotatable bonds is 4. The maximum atomic E-state index is 10.7. The maximum Gasteiger partial charge on any atom is 0.269 e. The fourth-order valence-electron chi connectivity index (χ4n) is 2.95. The highest BCUT2D eigenvalue weighted by atomic mass is 79.9. The Morgan fingerprint density at radius 3 is 2.35 bits per heavy atom. The van der Waals surface area contributed by atoms with Crippen molar-refractivity contribution in [2.45, 2.75) is 6.54 Å². The number of hydrogen-bond acceptors (Lipinski definition) is 3. The molecule has 0 atom stereocenters. The Labute approximate surface area is 143 Å². The number of nitrogens with zero attached hydrogens (tertiary/aromatic N) is 2. The minimum absolute atomic E-state index is 0.145. The molecule has 1 heterocycles. The Bertz CT molecular complexity index is 682. The summed E-state index contributed by atoms with van der Waals surface area (Å²) in [5.74, 6) is 0. The van der Waals surface area contributed by atoms with Gasteiger partial charge in [0, 0.05) is 27.9 Å². The second kappa shape index (κ2) is 7.10. The van der Waals surface area contributed by atoms with Crippen LogP contribution in [0.3, 0.4) is 0 Å². The van der Waals surface area contributed by atoms with Gasteiger partial charge in [-0.25, -0.2) is 0 Å². The number of benzene rings is 2. The number of hydrogen-bond donors (Lipinski definition) is 1. The Morgan fingerprint density at radius 1 is 1.09 bits per heavy atom. The van der Waals surface area contributed by atoms with Crippen LogP contribution >= 0.6 is 15.9 Å². The molecule has 1 aliphatic heterocycles. The van der Waals surface area contributed by atoms with E-state index in [4.69, 9.17) is 0 Å². The maximum absolute atomic E-state index is 10.7. The van der Waals surface area contributed by atoms with Gasteiger partial charge in [-0.15, -0.1) is 0 Å². The number of nitro groups is 1. The quantitative estimate of drug-likeness (QED) is 0.657. The zero-order chi connectivity index (χ0) is 16.2. The van der Waals surface area contributed by atoms with E-state index >= 15 is 0 Å². The molecule has 0 amide bonds. The lowest BCUT2D eigenvalue weighted by Gasteiger charge is -2.33. The number of anilines is 1. The van der Waals surface area contributed by atoms with Gasteiger partial charge < -0.3 is 9.80 Å². The molecule has 0 unspecified atom stereocenters. The lowest BCUT2D eigenvalue weighted by molar-refractivity contribution is -0.914. The smallest absolute Gasteiger partial charge is 0.269 e. The number of piperazine rings is 1. The SMILES string of the molecule is O=[N+]([O-])c1ccc(N2CC[NH+](Cc3ccccc3Br)CC2)cc1. The van der Waals surface area contributed by atoms with E-state index in [1.54, 1.807) is 17.0 Å². The third-order valence-electron chi connectivity index (χ3n) is 4.29. The summed E-state index contributed by atoms with van der Waals surface area (Å²) in [6.07, 6.45) is 0. The topological polar surface area (TPSA) is 50.8 Å². The summed E-state index contributed by atoms with van der Waals surface area (Å²) in [5, 5.41) is 10.7. The van der Waals surface area contributed by atoms with Gasteiger partial charge in [-0.2, -0.15) is 0 Å². The molecule has 0 spiro atoms. The first-order valence-electron chi connectivity index (χ1n) is 7.70. The van der Waals surface area contributed by atoms with Crippen molar-refractivity contribution in [3.63, 3.8) is 0 Å². The van der Waals surface area contributed by atoms with Crippen molar-refractivity contribution in [2.24, 2.45) is 0 Å². The van der Waals surface area contributed by atoms with E-state index in [0.29, 0.717) is 0 Å². The average molecular weight is 377 g/mol. The van der Waals surface area contributed by atoms with Crippen molar-refractivity contribution in [3.8, 4) is 0 Å². The molecule has 5 nitrogen and oxygen atoms in total. The fourth-order valence-corrected chi connectivity index (χ4v) is 3.38. The fraction of sp³-hybridized carbons (Fsp3) is 0.294. The average Bonchev–Trinajstić information content (AvgIpc) is 2.58. The van der Waals surface area contributed by atoms with Crippen molar-refractivity contribution in [2.75, 3.05) is 31.1 Å². The standard InChI is InChI=1S/C17H18BrN3O2/c18-17-4-2-1-3-14(17)13-19-9-11-20(12-10-19)15-5-7-16(8-6-15)21(22)23/h1-8H,9-13H2/p+1. The van der Waals surface area contributed by atoms with E-state index in [9.17, 15) is 10.1 Å². The summed E-state index contributed by atoms with van der Waals surface area (Å²) in [4.78, 5) is 14.2. The summed E-state index contributed by atoms with van der Waals surface area (Å²) < 4.78 is 1.17. The highest BCUT2D eigenvalue weighted by Crippen LogP contribution is 2.19. The van der Waals surface area contributed by atoms with Gasteiger partial charge in [0.1, 0.15) is 6.54 Å². The predicted molar refractivity (Wildman–Crippen MR) is 93.9 cm³/mol. The zero-order valence-electron chi connectivity index (χ0n) is 12.7. The van der Waals surface area contributed by atoms with Gasteiger partial charge in [0.25, 0.3) is 5.69 Å². The molecule has 1 fully saturated rings. The highest BCUT2D eigenvalue weighted by molar-refractivity contribution is 9.10. The molecule has 0 aliphatic carbocycles. The van der Waals surface area contributed by atoms with E-state index in [1.807, 2.05) is 18.2 Å². The monoisotopic (exact) mass is 376 g/mol. The van der Waals surface area contributed by atoms with Crippen LogP contribution in [0.1, 0.15) is 5.56 Å². The van der Waals surface area contributed by atoms with Crippen LogP contribution < -0.4 is 9.80 Å². The minimum Gasteiger partial charge on any atom is -0.360 e. The Balaban J connectivity index is 1.58. The van der Waals surface area contributed by atoms with Gasteiger partial charge in [-0.3, -0.25) is 10.1 Å². The van der Waals surface area contributed by atoms with E-state index in [2.05, 4.69) is 39.0 Å². The van der Waals surface area contributed by atoms with Crippen LogP contribution in [0.2, 0.25) is 0 Å². The molecule has 1 aliphatic rings. The Hall–Kier alpha value is -1.92. The van der Waals surface area contributed by atoms with Crippen LogP contribution in [-0.2, 0) is 6.54 Å². The lowest BCUT2D eigenvalue weighted by Crippen LogP contribution is -3.13. The first kappa shape index (κ1) is 16.0. The van der Waals surface area contributed by atoms with Gasteiger partial charge in [0.2, 0.25) is 0 Å². The van der Waals surface area contributed by atoms with Gasteiger partial charge in [-0.1, -0.05) is 34.1 Å². The van der Waals surface area contributed by atoms with Gasteiger partial charge >= 0.3 is 0 Å². The molecule has 120 valence electrons. The van der Waals surface area contributed by atoms with Crippen molar-refractivity contribution < 1.29 is 9.82 Å². The molecule has 0 aromatic heterocycles. The Kier molecular flexibility index (Phi) is 4.93. The molecule has 0 saturated carbocycles. The number of quaternary nitrogens is 1. The number of nitrogens with one attached hydrogen (secondary N) is 1. The van der Waals surface area contributed by atoms with Crippen LogP contribution in [0, 0.1) is 10.1 Å². The number of nitro benzene ring substituents is 1. The first-order valence-corrected chi connectivity index (χ1v) is 8.49. The van der Waals surface area contributed by atoms with E-state index < -0.39 is 0 Å². The third-order valence-corrected chi connectivity index (χ3v) is 5.07. The molecular formula is C17H19BrN3O2+. The van der Waals surface area contributed by atoms with E-state index in [0.717, 1.165) is 38.4 Å². The summed E-state index contributed by atoms with van der Waals surface area (Å²) in [6.45, 7) is 5.10. The number of halogens is 1. The molecule has 0 bridgehead atoms. The van der Waals surface area contributed by atoms with Crippen LogP contribution in [0.4, 0.5) is 11.4 Å². The van der Waals surface area contributed by atoms with Crippen LogP contribution in [0.15, 0.2) is 53.0 Å². The van der Waals surface area contributed by atoms with Gasteiger partial charge in [-0.05, 0) is 18.2 Å². The summed E-state index contributed by atoms with van der Waals surface area (Å²) in [6, 6.07) is 15.2. The largest absolute Gasteiger partial charge is 0.360 e. The molecule has 6 heteroatoms. The predicted octanol–water partition coefficient (Wildman–Crippen LogP) is 2.26. The second-order valence-corrected chi connectivity index (χ2v) is 6.63. The highest BCUT2D eigenvalue weighted by Gasteiger charge is 2.21. The van der Waals surface area contributed by atoms with Crippen molar-refractivity contribution in [3.05, 3.63) is 68.7 Å². The number of non-ortho nitro benzene ring substituents is 1. The van der Waals surface area contributed by atoms with Crippen molar-refractivity contribution in [1.29, 1.82) is 0 Å². The molecule has 2 aromatic carbocycles. The zero-order valence-corrected chi connectivity index (χ0v) is 14.3. The van der Waals surface area contributed by atoms with Crippen LogP contribution in [0.25, 0.3) is 0 Å². The summed E-state index contributed by atoms with van der Waals surface area (Å²) >= 11 is 3.61. The molecule has 0 radical (unpaired) electrons. The van der Waals surface area contributed by atoms with Crippen molar-refractivity contribution >= 4 is 27.3 Å². The Morgan fingerprint density at radius 2 is 1.74 bits per heavy atom. The minimum atomic E-state index is -0.358. The van der Waals surface area contributed by atoms with E-state index in [1.165, 1.54) is 10.0 Å². The normalized spacial score (nSPS) is 15.6. The molecule has 1 saturated heterocycles. The first-order chi connectivity index (χ1) is 11.1. The van der Waals surface area contributed by atoms with E-state index in [-0.39, 0.29) is 10.6 Å². The van der Waals surface area contributed by atoms with Crippen LogP contribution in [-0.4, -0.2) is 31.1 Å². The molecule has 23 heavy (non-hydrogen) atoms. The molecule has 1 N–H and O–H groups in total. The molecule has 2 aromatic rings. The van der Waals surface area contributed by atoms with Gasteiger partial charge in [0.15, 0.2) is 0 Å². The summed E-state index contributed by atoms with van der Waals surface area (Å²) in [7, 11) is 0. The lowest BCUT2D eigenvalue weighted by atomic mass is 10.2. The van der Waals surface area contributed by atoms with Crippen molar-refractivity contribution in [1.82, 2.24) is 0 Å². The third kappa shape index (κ3) is 3.89. The van der Waals surface area contributed by atoms with Crippen LogP contribution in [0.5, 0.6) is 0 Å². The summed E-state index contributed by atoms with van der Waals surface area (Å²) in [5.41, 5.74) is 2.55. The molecule has 3 rings (SSSR count). The second-order valence-electron chi connectivity index (χ2n) is 5.78. The molecular weight excluding hydrogens is 358 g/mol. The van der Waals surface area contributed by atoms with Gasteiger partial charge in [0.05, 0.1) is 31.1 Å².